The number of fused-ring (bicyclic) bond motifs is 4. The highest BCUT2D eigenvalue weighted by atomic mass is 16.5. The first kappa shape index (κ1) is 38.9. The van der Waals surface area contributed by atoms with Gasteiger partial charge in [-0.25, -0.2) is 0 Å². The topological polar surface area (TPSA) is 136 Å². The zero-order chi connectivity index (χ0) is 35.4. The maximum absolute atomic E-state index is 13.3. The highest BCUT2D eigenvalue weighted by Crippen LogP contribution is 2.46. The molecule has 1 aliphatic heterocycles. The number of hydrogen-bond donors (Lipinski definition) is 2. The van der Waals surface area contributed by atoms with Crippen LogP contribution in [0.3, 0.4) is 0 Å². The highest BCUT2D eigenvalue weighted by Gasteiger charge is 2.44. The number of nitrogens with zero attached hydrogens (tertiary/aromatic N) is 2. The van der Waals surface area contributed by atoms with Crippen LogP contribution in [0.25, 0.3) is 0 Å². The number of rotatable bonds is 6. The van der Waals surface area contributed by atoms with Crippen molar-refractivity contribution in [3.63, 3.8) is 0 Å². The van der Waals surface area contributed by atoms with E-state index in [1.807, 2.05) is 0 Å². The third kappa shape index (κ3) is 11.9. The largest absolute Gasteiger partial charge is 0.377 e. The Labute approximate surface area is 299 Å². The molecule has 0 spiro atoms. The molecule has 284 valence electrons. The van der Waals surface area contributed by atoms with Crippen molar-refractivity contribution in [2.45, 2.75) is 115 Å². The molecule has 4 amide bonds. The quantitative estimate of drug-likeness (QED) is 0.402. The number of nitrogens with one attached hydrogen (secondary N) is 2. The average molecular weight is 705 g/mol. The maximum Gasteiger partial charge on any atom is 0.232 e. The molecule has 5 aliphatic rings. The summed E-state index contributed by atoms with van der Waals surface area (Å²) in [7, 11) is 0. The summed E-state index contributed by atoms with van der Waals surface area (Å²) in [5, 5.41) is 6.58. The van der Waals surface area contributed by atoms with E-state index in [1.54, 1.807) is 9.80 Å². The first-order chi connectivity index (χ1) is 24.1. The minimum Gasteiger partial charge on any atom is -0.377 e. The minimum absolute atomic E-state index is 0.164. The van der Waals surface area contributed by atoms with Gasteiger partial charge in [0.25, 0.3) is 0 Å². The lowest BCUT2D eigenvalue weighted by Crippen LogP contribution is -2.55. The molecule has 2 N–H and O–H groups in total. The lowest BCUT2D eigenvalue weighted by molar-refractivity contribution is -0.140. The van der Waals surface area contributed by atoms with Crippen molar-refractivity contribution in [2.75, 3.05) is 79.0 Å². The van der Waals surface area contributed by atoms with Gasteiger partial charge in [0, 0.05) is 37.3 Å². The lowest BCUT2D eigenvalue weighted by Gasteiger charge is -2.48. The van der Waals surface area contributed by atoms with Gasteiger partial charge in [-0.15, -0.1) is 0 Å². The van der Waals surface area contributed by atoms with Crippen LogP contribution in [0.5, 0.6) is 0 Å². The zero-order valence-corrected chi connectivity index (χ0v) is 30.9. The van der Waals surface area contributed by atoms with Gasteiger partial charge in [-0.1, -0.05) is 39.5 Å². The van der Waals surface area contributed by atoms with Gasteiger partial charge in [0.15, 0.2) is 0 Å². The molecule has 1 saturated heterocycles. The average Bonchev–Trinajstić information content (AvgIpc) is 3.03. The summed E-state index contributed by atoms with van der Waals surface area (Å²) in [5.74, 6) is 1.69. The van der Waals surface area contributed by atoms with Crippen LogP contribution in [-0.4, -0.2) is 124 Å². The predicted octanol–water partition coefficient (Wildman–Crippen LogP) is 3.45. The lowest BCUT2D eigenvalue weighted by atomic mass is 9.64. The summed E-state index contributed by atoms with van der Waals surface area (Å²) < 4.78 is 23.1. The number of amides is 4. The molecule has 0 aromatic carbocycles. The monoisotopic (exact) mass is 704 g/mol. The van der Waals surface area contributed by atoms with Gasteiger partial charge < -0.3 is 39.4 Å². The van der Waals surface area contributed by atoms with Crippen molar-refractivity contribution < 1.29 is 38.1 Å². The summed E-state index contributed by atoms with van der Waals surface area (Å²) in [6.07, 6.45) is 12.9. The molecule has 1 heterocycles. The van der Waals surface area contributed by atoms with Crippen molar-refractivity contribution >= 4 is 23.6 Å². The van der Waals surface area contributed by atoms with E-state index in [0.29, 0.717) is 103 Å². The Kier molecular flexibility index (Phi) is 14.8. The van der Waals surface area contributed by atoms with Gasteiger partial charge >= 0.3 is 0 Å². The molecule has 4 bridgehead atoms. The molecule has 6 atom stereocenters. The molecule has 0 aromatic rings. The second-order valence-corrected chi connectivity index (χ2v) is 16.2. The van der Waals surface area contributed by atoms with Crippen molar-refractivity contribution in [2.24, 2.45) is 23.7 Å². The molecule has 12 nitrogen and oxygen atoms in total. The maximum atomic E-state index is 13.3. The molecule has 6 unspecified atom stereocenters. The fourth-order valence-electron chi connectivity index (χ4n) is 9.96. The van der Waals surface area contributed by atoms with E-state index in [9.17, 15) is 19.2 Å². The van der Waals surface area contributed by atoms with Crippen LogP contribution >= 0.6 is 0 Å². The van der Waals surface area contributed by atoms with Crippen molar-refractivity contribution in [3.8, 4) is 0 Å². The van der Waals surface area contributed by atoms with Gasteiger partial charge in [-0.05, 0) is 75.0 Å². The van der Waals surface area contributed by atoms with Crippen molar-refractivity contribution in [3.05, 3.63) is 0 Å². The summed E-state index contributed by atoms with van der Waals surface area (Å²) in [5.41, 5.74) is -0.327. The zero-order valence-electron chi connectivity index (χ0n) is 30.9. The van der Waals surface area contributed by atoms with Crippen LogP contribution in [-0.2, 0) is 38.1 Å². The van der Waals surface area contributed by atoms with Crippen LogP contribution < -0.4 is 10.6 Å². The Morgan fingerprint density at radius 2 is 0.920 bits per heavy atom. The molecule has 50 heavy (non-hydrogen) atoms. The molecule has 0 radical (unpaired) electrons. The third-order valence-electron chi connectivity index (χ3n) is 11.7. The smallest absolute Gasteiger partial charge is 0.232 e. The van der Waals surface area contributed by atoms with Crippen LogP contribution in [0, 0.1) is 23.7 Å². The van der Waals surface area contributed by atoms with Crippen LogP contribution in [0.4, 0.5) is 0 Å². The van der Waals surface area contributed by atoms with Gasteiger partial charge in [-0.2, -0.15) is 0 Å². The molecule has 12 heteroatoms. The molecular weight excluding hydrogens is 640 g/mol. The van der Waals surface area contributed by atoms with Crippen LogP contribution in [0.15, 0.2) is 0 Å². The Morgan fingerprint density at radius 1 is 0.560 bits per heavy atom. The predicted molar refractivity (Wildman–Crippen MR) is 188 cm³/mol. The van der Waals surface area contributed by atoms with E-state index in [2.05, 4.69) is 24.5 Å². The van der Waals surface area contributed by atoms with E-state index >= 15 is 0 Å². The van der Waals surface area contributed by atoms with Crippen molar-refractivity contribution in [1.82, 2.24) is 20.4 Å². The van der Waals surface area contributed by atoms with E-state index < -0.39 is 0 Å². The standard InChI is InChI=1S/C38H64N4O8/c1-29-21-31-5-3-7-37(25-29,27-31)39-33(43)23-35(45)41-9-13-47-17-19-49-15-11-42(12-16-50-20-18-48-14-10-41)36(46)24-34(44)40-38-8-4-6-32(28-38)22-30(2)26-38/h29-32H,3-28H2,1-2H3,(H,39,43)(H,40,44). The first-order valence-corrected chi connectivity index (χ1v) is 19.6. The highest BCUT2D eigenvalue weighted by molar-refractivity contribution is 5.97. The molecule has 5 fully saturated rings. The Bertz CT molecular complexity index is 1030. The molecular formula is C38H64N4O8. The number of ether oxygens (including phenoxy) is 4. The van der Waals surface area contributed by atoms with Crippen molar-refractivity contribution in [1.29, 1.82) is 0 Å². The molecule has 4 aliphatic carbocycles. The Balaban J connectivity index is 1.04. The van der Waals surface area contributed by atoms with Gasteiger partial charge in [0.2, 0.25) is 23.6 Å². The summed E-state index contributed by atoms with van der Waals surface area (Å²) in [4.78, 5) is 56.1. The molecule has 0 aromatic heterocycles. The summed E-state index contributed by atoms with van der Waals surface area (Å²) >= 11 is 0. The van der Waals surface area contributed by atoms with Gasteiger partial charge in [0.1, 0.15) is 12.8 Å². The second kappa shape index (κ2) is 19.0. The minimum atomic E-state index is -0.224. The fraction of sp³-hybridized carbons (Fsp3) is 0.895. The third-order valence-corrected chi connectivity index (χ3v) is 11.7. The van der Waals surface area contributed by atoms with E-state index in [4.69, 9.17) is 18.9 Å². The molecule has 4 saturated carbocycles. The number of carbonyl (C=O) groups is 4. The molecule has 5 rings (SSSR count). The van der Waals surface area contributed by atoms with Gasteiger partial charge in [0.05, 0.1) is 52.9 Å². The van der Waals surface area contributed by atoms with Crippen LogP contribution in [0.2, 0.25) is 0 Å². The Hall–Kier alpha value is -2.28. The first-order valence-electron chi connectivity index (χ1n) is 19.6. The van der Waals surface area contributed by atoms with Gasteiger partial charge in [-0.3, -0.25) is 19.2 Å². The summed E-state index contributed by atoms with van der Waals surface area (Å²) in [6.45, 7) is 8.51. The van der Waals surface area contributed by atoms with Crippen LogP contribution in [0.1, 0.15) is 104 Å². The Morgan fingerprint density at radius 3 is 1.28 bits per heavy atom. The number of carbonyl (C=O) groups excluding carboxylic acids is 4. The summed E-state index contributed by atoms with van der Waals surface area (Å²) in [6, 6.07) is 0. The second-order valence-electron chi connectivity index (χ2n) is 16.2. The fourth-order valence-corrected chi connectivity index (χ4v) is 9.96. The number of hydrogen-bond acceptors (Lipinski definition) is 8. The van der Waals surface area contributed by atoms with E-state index in [0.717, 1.165) is 51.4 Å². The normalized spacial score (nSPS) is 33.7. The van der Waals surface area contributed by atoms with E-state index in [1.165, 1.54) is 25.7 Å². The SMILES string of the molecule is CC1CC2CCCC(NC(=O)CC(=O)N3CCOCCOCCN(C(=O)CC(=O)NC45CCCC(CC(C)C4)C5)CCOCCOCC3)(C1)C2. The van der Waals surface area contributed by atoms with E-state index in [-0.39, 0.29) is 47.5 Å².